The molecule has 3 aromatic carbocycles. The van der Waals surface area contributed by atoms with E-state index in [-0.39, 0.29) is 11.9 Å². The van der Waals surface area contributed by atoms with Crippen LogP contribution in [-0.2, 0) is 0 Å². The van der Waals surface area contributed by atoms with E-state index in [1.165, 1.54) is 4.90 Å². The van der Waals surface area contributed by atoms with Crippen LogP contribution < -0.4 is 9.80 Å². The molecule has 1 aliphatic rings. The zero-order chi connectivity index (χ0) is 24.0. The Labute approximate surface area is 198 Å². The summed E-state index contributed by atoms with van der Waals surface area (Å²) in [6.45, 7) is 6.19. The maximum Gasteiger partial charge on any atom is 0.412 e. The minimum absolute atomic E-state index is 0.164. The number of aromatic nitrogens is 1. The lowest BCUT2D eigenvalue weighted by molar-refractivity contribution is 0.0979. The van der Waals surface area contributed by atoms with E-state index in [1.807, 2.05) is 87.5 Å². The number of nitrogens with one attached hydrogen (secondary N) is 1. The number of fused-ring (bicyclic) bond motifs is 2. The molecule has 5 rings (SSSR count). The van der Waals surface area contributed by atoms with Gasteiger partial charge in [-0.25, -0.2) is 4.79 Å². The maximum absolute atomic E-state index is 14.2. The summed E-state index contributed by atoms with van der Waals surface area (Å²) in [4.78, 5) is 32.9. The van der Waals surface area contributed by atoms with Crippen LogP contribution in [0, 0.1) is 13.8 Å². The van der Waals surface area contributed by atoms with E-state index >= 15 is 0 Å². The van der Waals surface area contributed by atoms with Crippen LogP contribution in [0.1, 0.15) is 35.0 Å². The number of carboxylic acid groups (broad SMARTS) is 1. The molecule has 2 N–H and O–H groups in total. The van der Waals surface area contributed by atoms with Crippen LogP contribution in [0.15, 0.2) is 66.7 Å². The highest BCUT2D eigenvalue weighted by Crippen LogP contribution is 2.41. The average molecular weight is 454 g/mol. The molecule has 0 saturated carbocycles. The second-order valence-corrected chi connectivity index (χ2v) is 8.84. The van der Waals surface area contributed by atoms with Crippen molar-refractivity contribution in [2.45, 2.75) is 33.2 Å². The second kappa shape index (κ2) is 8.37. The highest BCUT2D eigenvalue weighted by atomic mass is 16.4. The molecule has 34 heavy (non-hydrogen) atoms. The Morgan fingerprint density at radius 3 is 2.29 bits per heavy atom. The molecule has 0 radical (unpaired) electrons. The summed E-state index contributed by atoms with van der Waals surface area (Å²) in [6.07, 6.45) is -0.403. The van der Waals surface area contributed by atoms with Crippen LogP contribution in [0.3, 0.4) is 0 Å². The molecule has 1 atom stereocenters. The van der Waals surface area contributed by atoms with Gasteiger partial charge in [0.25, 0.3) is 5.91 Å². The highest BCUT2D eigenvalue weighted by Gasteiger charge is 2.38. The molecule has 1 unspecified atom stereocenters. The molecule has 0 saturated heterocycles. The van der Waals surface area contributed by atoms with Gasteiger partial charge < -0.3 is 15.0 Å². The Balaban J connectivity index is 1.71. The van der Waals surface area contributed by atoms with Crippen LogP contribution in [-0.4, -0.2) is 34.7 Å². The van der Waals surface area contributed by atoms with Crippen molar-refractivity contribution in [1.29, 1.82) is 0 Å². The van der Waals surface area contributed by atoms with Crippen LogP contribution in [0.4, 0.5) is 16.2 Å². The summed E-state index contributed by atoms with van der Waals surface area (Å²) in [7, 11) is 0. The zero-order valence-electron chi connectivity index (χ0n) is 19.5. The third kappa shape index (κ3) is 3.43. The van der Waals surface area contributed by atoms with Crippen molar-refractivity contribution in [1.82, 2.24) is 4.98 Å². The number of hydrogen-bond donors (Lipinski definition) is 2. The Kier molecular flexibility index (Phi) is 5.36. The van der Waals surface area contributed by atoms with E-state index in [0.717, 1.165) is 33.2 Å². The average Bonchev–Trinajstić information content (AvgIpc) is 3.23. The van der Waals surface area contributed by atoms with Gasteiger partial charge in [-0.05, 0) is 55.2 Å². The minimum Gasteiger partial charge on any atom is -0.465 e. The number of para-hydroxylation sites is 1. The van der Waals surface area contributed by atoms with Crippen molar-refractivity contribution < 1.29 is 14.7 Å². The Morgan fingerprint density at radius 1 is 0.971 bits per heavy atom. The molecule has 6 nitrogen and oxygen atoms in total. The molecule has 0 fully saturated rings. The number of aryl methyl sites for hydroxylation is 2. The quantitative estimate of drug-likeness (QED) is 0.378. The molecule has 1 aromatic heterocycles. The summed E-state index contributed by atoms with van der Waals surface area (Å²) in [5.74, 6) is -0.164. The normalized spacial score (nSPS) is 15.4. The standard InChI is InChI=1S/C28H27N3O3/c1-4-20-16-30(23-14-17(2)18(3)15-24(23)31(20)28(33)34)27(32)26-25(19-10-6-5-7-11-19)21-12-8-9-13-22(21)29-26/h5-15,20,29H,4,16H2,1-3H3,(H,33,34). The lowest BCUT2D eigenvalue weighted by Gasteiger charge is -2.41. The first-order valence-electron chi connectivity index (χ1n) is 11.5. The topological polar surface area (TPSA) is 76.6 Å². The molecule has 2 amide bonds. The zero-order valence-corrected chi connectivity index (χ0v) is 19.5. The van der Waals surface area contributed by atoms with Gasteiger partial charge >= 0.3 is 6.09 Å². The number of H-pyrrole nitrogens is 1. The number of aromatic amines is 1. The third-order valence-corrected chi connectivity index (χ3v) is 6.80. The smallest absolute Gasteiger partial charge is 0.412 e. The van der Waals surface area contributed by atoms with Crippen molar-refractivity contribution in [3.8, 4) is 11.1 Å². The van der Waals surface area contributed by atoms with Gasteiger partial charge in [-0.15, -0.1) is 0 Å². The van der Waals surface area contributed by atoms with E-state index < -0.39 is 6.09 Å². The highest BCUT2D eigenvalue weighted by molar-refractivity contribution is 6.17. The Bertz CT molecular complexity index is 1410. The van der Waals surface area contributed by atoms with Gasteiger partial charge in [-0.2, -0.15) is 0 Å². The summed E-state index contributed by atoms with van der Waals surface area (Å²) in [6, 6.07) is 21.3. The Hall–Kier alpha value is -4.06. The fraction of sp³-hybridized carbons (Fsp3) is 0.214. The molecule has 0 aliphatic carbocycles. The molecule has 0 bridgehead atoms. The number of nitrogens with zero attached hydrogens (tertiary/aromatic N) is 2. The third-order valence-electron chi connectivity index (χ3n) is 6.80. The van der Waals surface area contributed by atoms with Gasteiger partial charge in [0.05, 0.1) is 17.4 Å². The molecule has 6 heteroatoms. The largest absolute Gasteiger partial charge is 0.465 e. The summed E-state index contributed by atoms with van der Waals surface area (Å²) in [5.41, 5.74) is 6.40. The van der Waals surface area contributed by atoms with Crippen molar-refractivity contribution in [3.05, 3.63) is 83.6 Å². The van der Waals surface area contributed by atoms with Crippen LogP contribution in [0.2, 0.25) is 0 Å². The predicted molar refractivity (Wildman–Crippen MR) is 136 cm³/mol. The number of benzene rings is 3. The van der Waals surface area contributed by atoms with Crippen molar-refractivity contribution in [3.63, 3.8) is 0 Å². The maximum atomic E-state index is 14.2. The monoisotopic (exact) mass is 453 g/mol. The van der Waals surface area contributed by atoms with Gasteiger partial charge in [0.15, 0.2) is 0 Å². The van der Waals surface area contributed by atoms with Crippen molar-refractivity contribution in [2.24, 2.45) is 0 Å². The van der Waals surface area contributed by atoms with Gasteiger partial charge in [-0.1, -0.05) is 55.5 Å². The van der Waals surface area contributed by atoms with E-state index in [2.05, 4.69) is 4.98 Å². The summed E-state index contributed by atoms with van der Waals surface area (Å²) < 4.78 is 0. The van der Waals surface area contributed by atoms with Crippen LogP contribution in [0.5, 0.6) is 0 Å². The molecule has 0 spiro atoms. The first-order chi connectivity index (χ1) is 16.4. The molecule has 1 aliphatic heterocycles. The molecular weight excluding hydrogens is 426 g/mol. The number of amides is 2. The summed E-state index contributed by atoms with van der Waals surface area (Å²) in [5, 5.41) is 11.0. The van der Waals surface area contributed by atoms with Gasteiger partial charge in [0.1, 0.15) is 5.69 Å². The van der Waals surface area contributed by atoms with Crippen LogP contribution >= 0.6 is 0 Å². The second-order valence-electron chi connectivity index (χ2n) is 8.84. The number of carbonyl (C=O) groups excluding carboxylic acids is 1. The van der Waals surface area contributed by atoms with Crippen molar-refractivity contribution >= 4 is 34.3 Å². The summed E-state index contributed by atoms with van der Waals surface area (Å²) >= 11 is 0. The lowest BCUT2D eigenvalue weighted by atomic mass is 9.98. The molecule has 172 valence electrons. The molecule has 4 aromatic rings. The lowest BCUT2D eigenvalue weighted by Crippen LogP contribution is -2.53. The molecular formula is C28H27N3O3. The van der Waals surface area contributed by atoms with Gasteiger partial charge in [0, 0.05) is 23.0 Å². The van der Waals surface area contributed by atoms with Gasteiger partial charge in [-0.3, -0.25) is 9.69 Å². The number of anilines is 2. The van der Waals surface area contributed by atoms with E-state index in [4.69, 9.17) is 0 Å². The number of rotatable bonds is 3. The van der Waals surface area contributed by atoms with E-state index in [9.17, 15) is 14.7 Å². The van der Waals surface area contributed by atoms with E-state index in [0.29, 0.717) is 30.0 Å². The van der Waals surface area contributed by atoms with E-state index in [1.54, 1.807) is 4.90 Å². The minimum atomic E-state index is -1.00. The Morgan fingerprint density at radius 2 is 1.62 bits per heavy atom. The predicted octanol–water partition coefficient (Wildman–Crippen LogP) is 6.38. The first-order valence-corrected chi connectivity index (χ1v) is 11.5. The number of hydrogen-bond acceptors (Lipinski definition) is 2. The van der Waals surface area contributed by atoms with Crippen molar-refractivity contribution in [2.75, 3.05) is 16.3 Å². The fourth-order valence-corrected chi connectivity index (χ4v) is 4.89. The first kappa shape index (κ1) is 21.8. The molecule has 2 heterocycles. The van der Waals surface area contributed by atoms with Crippen LogP contribution in [0.25, 0.3) is 22.0 Å². The number of carbonyl (C=O) groups is 2. The SMILES string of the molecule is CCC1CN(C(=O)c2[nH]c3ccccc3c2-c2ccccc2)c2cc(C)c(C)cc2N1C(=O)O. The fourth-order valence-electron chi connectivity index (χ4n) is 4.89. The van der Waals surface area contributed by atoms with Gasteiger partial charge in [0.2, 0.25) is 0 Å².